The fraction of sp³-hybridized carbons (Fsp3) is 0.500. The molecule has 0 atom stereocenters. The molecule has 0 aromatic heterocycles. The van der Waals surface area contributed by atoms with Crippen LogP contribution in [0.25, 0.3) is 0 Å². The molecular weight excluding hydrogens is 83.0 g/mol. The zero-order chi connectivity index (χ0) is 4.41. The van der Waals surface area contributed by atoms with Gasteiger partial charge < -0.3 is 4.74 Å². The minimum Gasteiger partial charge on any atom is -0.491 e. The lowest BCUT2D eigenvalue weighted by atomic mass is 10.4. The molecule has 0 bridgehead atoms. The molecule has 0 unspecified atom stereocenters. The fourth-order valence-electron chi connectivity index (χ4n) is 0.294. The van der Waals surface area contributed by atoms with Gasteiger partial charge in [-0.05, 0) is 6.08 Å². The van der Waals surface area contributed by atoms with E-state index in [0.29, 0.717) is 12.4 Å². The Balaban J connectivity index is 2.32. The number of ether oxygens (including phenoxy) is 1. The first-order chi connectivity index (χ1) is 2.93. The van der Waals surface area contributed by atoms with Crippen LogP contribution in [0.15, 0.2) is 11.8 Å². The molecular formula is C4H5FO. The summed E-state index contributed by atoms with van der Waals surface area (Å²) in [5.41, 5.74) is 0. The fourth-order valence-corrected chi connectivity index (χ4v) is 0.294. The molecule has 0 N–H and O–H groups in total. The van der Waals surface area contributed by atoms with Crippen LogP contribution in [0.1, 0.15) is 0 Å². The molecule has 2 heteroatoms. The van der Waals surface area contributed by atoms with Gasteiger partial charge >= 0.3 is 0 Å². The van der Waals surface area contributed by atoms with E-state index in [4.69, 9.17) is 0 Å². The van der Waals surface area contributed by atoms with Gasteiger partial charge in [0.05, 0.1) is 0 Å². The van der Waals surface area contributed by atoms with Crippen LogP contribution in [0.5, 0.6) is 0 Å². The molecule has 0 aromatic rings. The van der Waals surface area contributed by atoms with Crippen LogP contribution in [-0.2, 0) is 4.74 Å². The number of alkyl halides is 1. The van der Waals surface area contributed by atoms with Crippen molar-refractivity contribution < 1.29 is 9.13 Å². The third-order valence-electron chi connectivity index (χ3n) is 0.711. The lowest BCUT2D eigenvalue weighted by molar-refractivity contribution is 0.172. The molecule has 0 fully saturated rings. The van der Waals surface area contributed by atoms with Crippen LogP contribution < -0.4 is 0 Å². The van der Waals surface area contributed by atoms with Gasteiger partial charge in [-0.2, -0.15) is 0 Å². The van der Waals surface area contributed by atoms with E-state index in [1.807, 2.05) is 0 Å². The van der Waals surface area contributed by atoms with Crippen molar-refractivity contribution in [2.75, 3.05) is 13.3 Å². The third-order valence-corrected chi connectivity index (χ3v) is 0.711. The predicted molar refractivity (Wildman–Crippen MR) is 20.0 cm³/mol. The highest BCUT2D eigenvalue weighted by Gasteiger charge is 2.02. The van der Waals surface area contributed by atoms with Gasteiger partial charge in [-0.3, -0.25) is 0 Å². The Morgan fingerprint density at radius 3 is 2.67 bits per heavy atom. The summed E-state index contributed by atoms with van der Waals surface area (Å²) >= 11 is 0. The Labute approximate surface area is 35.4 Å². The van der Waals surface area contributed by atoms with Gasteiger partial charge in [0, 0.05) is 0 Å². The predicted octanol–water partition coefficient (Wildman–Crippen LogP) is 0.870. The highest BCUT2D eigenvalue weighted by Crippen LogP contribution is 2.06. The first-order valence-electron chi connectivity index (χ1n) is 1.81. The first-order valence-corrected chi connectivity index (χ1v) is 1.81. The highest BCUT2D eigenvalue weighted by molar-refractivity contribution is 5.01. The standard InChI is InChI=1S/C4H5FO/c5-3-4-1-2-6-4/h1H,2-3H2. The van der Waals surface area contributed by atoms with E-state index in [9.17, 15) is 4.39 Å². The van der Waals surface area contributed by atoms with Crippen LogP contribution >= 0.6 is 0 Å². The molecule has 6 heavy (non-hydrogen) atoms. The molecule has 1 aliphatic rings. The van der Waals surface area contributed by atoms with Crippen LogP contribution in [0.4, 0.5) is 4.39 Å². The van der Waals surface area contributed by atoms with Crippen molar-refractivity contribution in [2.45, 2.75) is 0 Å². The summed E-state index contributed by atoms with van der Waals surface area (Å²) in [7, 11) is 0. The summed E-state index contributed by atoms with van der Waals surface area (Å²) in [4.78, 5) is 0. The second-order valence-corrected chi connectivity index (χ2v) is 1.12. The number of hydrogen-bond donors (Lipinski definition) is 0. The highest BCUT2D eigenvalue weighted by atomic mass is 19.1. The monoisotopic (exact) mass is 88.0 g/mol. The minimum atomic E-state index is -0.444. The van der Waals surface area contributed by atoms with Crippen molar-refractivity contribution in [3.63, 3.8) is 0 Å². The first kappa shape index (κ1) is 3.65. The normalized spacial score (nSPS) is 17.8. The van der Waals surface area contributed by atoms with Crippen LogP contribution in [0, 0.1) is 0 Å². The molecule has 0 spiro atoms. The van der Waals surface area contributed by atoms with Gasteiger partial charge in [0.1, 0.15) is 19.0 Å². The van der Waals surface area contributed by atoms with Crippen molar-refractivity contribution in [1.29, 1.82) is 0 Å². The summed E-state index contributed by atoms with van der Waals surface area (Å²) in [6, 6.07) is 0. The minimum absolute atomic E-state index is 0.444. The Bertz CT molecular complexity index is 77.6. The van der Waals surface area contributed by atoms with Gasteiger partial charge in [-0.1, -0.05) is 0 Å². The average molecular weight is 88.1 g/mol. The Morgan fingerprint density at radius 1 is 2.00 bits per heavy atom. The van der Waals surface area contributed by atoms with Gasteiger partial charge in [-0.15, -0.1) is 0 Å². The molecule has 1 nitrogen and oxygen atoms in total. The third kappa shape index (κ3) is 0.379. The average Bonchev–Trinajstić information content (AvgIpc) is 1.31. The molecule has 34 valence electrons. The maximum absolute atomic E-state index is 11.2. The van der Waals surface area contributed by atoms with Crippen LogP contribution in [0.3, 0.4) is 0 Å². The number of halogens is 1. The van der Waals surface area contributed by atoms with Crippen LogP contribution in [-0.4, -0.2) is 13.3 Å². The molecule has 0 amide bonds. The van der Waals surface area contributed by atoms with Crippen LogP contribution in [0.2, 0.25) is 0 Å². The summed E-state index contributed by atoms with van der Waals surface area (Å²) in [6.07, 6.45) is 1.72. The maximum Gasteiger partial charge on any atom is 0.146 e. The zero-order valence-electron chi connectivity index (χ0n) is 3.28. The number of rotatable bonds is 1. The van der Waals surface area contributed by atoms with Gasteiger partial charge in [0.25, 0.3) is 0 Å². The van der Waals surface area contributed by atoms with Gasteiger partial charge in [-0.25, -0.2) is 4.39 Å². The number of allylic oxidation sites excluding steroid dienone is 1. The molecule has 0 radical (unpaired) electrons. The molecule has 0 saturated heterocycles. The van der Waals surface area contributed by atoms with Crippen molar-refractivity contribution in [3.8, 4) is 0 Å². The van der Waals surface area contributed by atoms with Crippen molar-refractivity contribution in [1.82, 2.24) is 0 Å². The van der Waals surface area contributed by atoms with E-state index >= 15 is 0 Å². The number of hydrogen-bond acceptors (Lipinski definition) is 1. The molecule has 0 aromatic carbocycles. The van der Waals surface area contributed by atoms with Crippen molar-refractivity contribution in [2.24, 2.45) is 0 Å². The Hall–Kier alpha value is -0.530. The second-order valence-electron chi connectivity index (χ2n) is 1.12. The Kier molecular flexibility index (Phi) is 0.783. The zero-order valence-corrected chi connectivity index (χ0v) is 3.28. The lowest BCUT2D eigenvalue weighted by Crippen LogP contribution is -2.05. The molecule has 0 aliphatic carbocycles. The van der Waals surface area contributed by atoms with E-state index < -0.39 is 6.67 Å². The molecule has 1 heterocycles. The van der Waals surface area contributed by atoms with Gasteiger partial charge in [0.15, 0.2) is 0 Å². The van der Waals surface area contributed by atoms with Crippen molar-refractivity contribution in [3.05, 3.63) is 11.8 Å². The van der Waals surface area contributed by atoms with E-state index in [1.165, 1.54) is 0 Å². The topological polar surface area (TPSA) is 9.23 Å². The molecule has 1 aliphatic heterocycles. The molecule has 0 saturated carbocycles. The quantitative estimate of drug-likeness (QED) is 0.462. The second kappa shape index (κ2) is 1.29. The summed E-state index contributed by atoms with van der Waals surface area (Å²) in [5, 5.41) is 0. The van der Waals surface area contributed by atoms with E-state index in [1.54, 1.807) is 6.08 Å². The largest absolute Gasteiger partial charge is 0.491 e. The van der Waals surface area contributed by atoms with Gasteiger partial charge in [0.2, 0.25) is 0 Å². The van der Waals surface area contributed by atoms with E-state index in [-0.39, 0.29) is 0 Å². The SMILES string of the molecule is FCC1=CCO1. The maximum atomic E-state index is 11.2. The lowest BCUT2D eigenvalue weighted by Gasteiger charge is -2.11. The van der Waals surface area contributed by atoms with E-state index in [0.717, 1.165) is 0 Å². The Morgan fingerprint density at radius 2 is 2.67 bits per heavy atom. The summed E-state index contributed by atoms with van der Waals surface area (Å²) in [5.74, 6) is 0.481. The summed E-state index contributed by atoms with van der Waals surface area (Å²) in [6.45, 7) is 0.152. The molecule has 1 rings (SSSR count). The van der Waals surface area contributed by atoms with E-state index in [2.05, 4.69) is 4.74 Å². The van der Waals surface area contributed by atoms with Crippen molar-refractivity contribution >= 4 is 0 Å². The summed E-state index contributed by atoms with van der Waals surface area (Å²) < 4.78 is 15.8. The smallest absolute Gasteiger partial charge is 0.146 e.